The first-order valence-electron chi connectivity index (χ1n) is 9.28. The summed E-state index contributed by atoms with van der Waals surface area (Å²) in [5.41, 5.74) is 6.23. The van der Waals surface area contributed by atoms with Gasteiger partial charge in [0.25, 0.3) is 5.91 Å². The molecule has 1 amide bonds. The zero-order valence-electron chi connectivity index (χ0n) is 16.4. The van der Waals surface area contributed by atoms with Crippen LogP contribution in [0.4, 0.5) is 5.69 Å². The predicted molar refractivity (Wildman–Crippen MR) is 119 cm³/mol. The van der Waals surface area contributed by atoms with Crippen molar-refractivity contribution in [3.05, 3.63) is 105 Å². The van der Waals surface area contributed by atoms with E-state index in [0.717, 1.165) is 12.0 Å². The second kappa shape index (κ2) is 9.23. The lowest BCUT2D eigenvalue weighted by Gasteiger charge is -2.07. The predicted octanol–water partition coefficient (Wildman–Crippen LogP) is 6.09. The molecule has 0 aliphatic rings. The number of carbonyl (C=O) groups excluding carboxylic acids is 1. The molecular weight excluding hydrogens is 380 g/mol. The van der Waals surface area contributed by atoms with E-state index in [1.165, 1.54) is 22.3 Å². The van der Waals surface area contributed by atoms with Crippen molar-refractivity contribution in [2.45, 2.75) is 20.3 Å². The Labute approximate surface area is 176 Å². The van der Waals surface area contributed by atoms with E-state index in [0.29, 0.717) is 10.7 Å². The summed E-state index contributed by atoms with van der Waals surface area (Å²) in [6.07, 6.45) is 2.41. The number of hydrogen-bond donors (Lipinski definition) is 1. The first-order chi connectivity index (χ1) is 13.9. The van der Waals surface area contributed by atoms with Gasteiger partial charge in [0.1, 0.15) is 11.6 Å². The van der Waals surface area contributed by atoms with Crippen LogP contribution >= 0.6 is 11.6 Å². The van der Waals surface area contributed by atoms with Gasteiger partial charge in [-0.2, -0.15) is 5.26 Å². The van der Waals surface area contributed by atoms with Crippen molar-refractivity contribution in [1.29, 1.82) is 5.26 Å². The number of hydrogen-bond acceptors (Lipinski definition) is 2. The van der Waals surface area contributed by atoms with Gasteiger partial charge in [0.05, 0.1) is 10.7 Å². The maximum absolute atomic E-state index is 12.4. The van der Waals surface area contributed by atoms with Gasteiger partial charge in [-0.15, -0.1) is 0 Å². The molecule has 0 saturated carbocycles. The van der Waals surface area contributed by atoms with Crippen molar-refractivity contribution in [3.63, 3.8) is 0 Å². The molecule has 1 N–H and O–H groups in total. The standard InChI is InChI=1S/C25H21ClN2O/c1-17-11-18(2)13-21(12-17)14-19-7-9-20(10-8-19)15-22(16-27)25(29)28-24-6-4-3-5-23(24)26/h3-13,15H,14H2,1-2H3,(H,28,29)/b22-15+. The van der Waals surface area contributed by atoms with Crippen molar-refractivity contribution in [1.82, 2.24) is 0 Å². The number of amides is 1. The number of anilines is 1. The SMILES string of the molecule is Cc1cc(C)cc(Cc2ccc(/C=C(\C#N)C(=O)Nc3ccccc3Cl)cc2)c1. The van der Waals surface area contributed by atoms with Crippen LogP contribution in [-0.4, -0.2) is 5.91 Å². The quantitative estimate of drug-likeness (QED) is 0.416. The zero-order valence-corrected chi connectivity index (χ0v) is 17.1. The third kappa shape index (κ3) is 5.57. The van der Waals surface area contributed by atoms with Gasteiger partial charge >= 0.3 is 0 Å². The first-order valence-corrected chi connectivity index (χ1v) is 9.66. The fourth-order valence-electron chi connectivity index (χ4n) is 3.21. The van der Waals surface area contributed by atoms with Crippen LogP contribution in [0.15, 0.2) is 72.3 Å². The van der Waals surface area contributed by atoms with Gasteiger partial charge in [0, 0.05) is 0 Å². The third-order valence-electron chi connectivity index (χ3n) is 4.47. The van der Waals surface area contributed by atoms with Crippen LogP contribution in [0.5, 0.6) is 0 Å². The highest BCUT2D eigenvalue weighted by Crippen LogP contribution is 2.21. The molecule has 3 aromatic carbocycles. The zero-order chi connectivity index (χ0) is 20.8. The Morgan fingerprint density at radius 3 is 2.28 bits per heavy atom. The molecule has 0 saturated heterocycles. The van der Waals surface area contributed by atoms with E-state index in [2.05, 4.69) is 37.4 Å². The molecule has 0 aliphatic heterocycles. The van der Waals surface area contributed by atoms with Crippen LogP contribution in [-0.2, 0) is 11.2 Å². The van der Waals surface area contributed by atoms with Crippen LogP contribution in [0.2, 0.25) is 5.02 Å². The Morgan fingerprint density at radius 1 is 1.00 bits per heavy atom. The summed E-state index contributed by atoms with van der Waals surface area (Å²) in [7, 11) is 0. The minimum absolute atomic E-state index is 0.0204. The molecule has 3 nitrogen and oxygen atoms in total. The van der Waals surface area contributed by atoms with Gasteiger partial charge in [-0.05, 0) is 55.2 Å². The molecule has 0 atom stereocenters. The van der Waals surface area contributed by atoms with Crippen molar-refractivity contribution >= 4 is 29.3 Å². The molecule has 0 fully saturated rings. The van der Waals surface area contributed by atoms with Crippen LogP contribution in [0.1, 0.15) is 27.8 Å². The topological polar surface area (TPSA) is 52.9 Å². The van der Waals surface area contributed by atoms with Gasteiger partial charge in [-0.3, -0.25) is 4.79 Å². The summed E-state index contributed by atoms with van der Waals surface area (Å²) in [6, 6.07) is 23.3. The Morgan fingerprint density at radius 2 is 1.66 bits per heavy atom. The molecule has 0 unspecified atom stereocenters. The second-order valence-electron chi connectivity index (χ2n) is 7.02. The molecule has 3 rings (SSSR count). The maximum Gasteiger partial charge on any atom is 0.266 e. The van der Waals surface area contributed by atoms with Crippen molar-refractivity contribution < 1.29 is 4.79 Å². The number of carbonyl (C=O) groups is 1. The van der Waals surface area contributed by atoms with Gasteiger partial charge in [-0.25, -0.2) is 0 Å². The number of halogens is 1. The van der Waals surface area contributed by atoms with Gasteiger partial charge in [-0.1, -0.05) is 77.3 Å². The Kier molecular flexibility index (Phi) is 6.49. The average molecular weight is 401 g/mol. The van der Waals surface area contributed by atoms with E-state index >= 15 is 0 Å². The van der Waals surface area contributed by atoms with E-state index < -0.39 is 5.91 Å². The second-order valence-corrected chi connectivity index (χ2v) is 7.43. The van der Waals surface area contributed by atoms with Gasteiger partial charge in [0.2, 0.25) is 0 Å². The normalized spacial score (nSPS) is 11.0. The van der Waals surface area contributed by atoms with Crippen LogP contribution < -0.4 is 5.32 Å². The highest BCUT2D eigenvalue weighted by atomic mass is 35.5. The first kappa shape index (κ1) is 20.4. The number of para-hydroxylation sites is 1. The minimum atomic E-state index is -0.486. The molecule has 0 spiro atoms. The largest absolute Gasteiger partial charge is 0.320 e. The van der Waals surface area contributed by atoms with Crippen molar-refractivity contribution in [2.75, 3.05) is 5.32 Å². The van der Waals surface area contributed by atoms with Crippen molar-refractivity contribution in [3.8, 4) is 6.07 Å². The molecule has 0 bridgehead atoms. The smallest absolute Gasteiger partial charge is 0.266 e. The van der Waals surface area contributed by atoms with E-state index in [9.17, 15) is 10.1 Å². The van der Waals surface area contributed by atoms with Gasteiger partial charge < -0.3 is 5.32 Å². The third-order valence-corrected chi connectivity index (χ3v) is 4.80. The molecule has 29 heavy (non-hydrogen) atoms. The highest BCUT2D eigenvalue weighted by molar-refractivity contribution is 6.34. The van der Waals surface area contributed by atoms with E-state index in [1.54, 1.807) is 30.3 Å². The minimum Gasteiger partial charge on any atom is -0.320 e. The number of nitrogens with zero attached hydrogens (tertiary/aromatic N) is 1. The fraction of sp³-hybridized carbons (Fsp3) is 0.120. The molecule has 0 aliphatic carbocycles. The van der Waals surface area contributed by atoms with Crippen LogP contribution in [0.3, 0.4) is 0 Å². The molecule has 4 heteroatoms. The number of benzene rings is 3. The molecule has 144 valence electrons. The average Bonchev–Trinajstić information content (AvgIpc) is 2.68. The Balaban J connectivity index is 1.74. The summed E-state index contributed by atoms with van der Waals surface area (Å²) in [4.78, 5) is 12.4. The molecule has 3 aromatic rings. The van der Waals surface area contributed by atoms with E-state index in [-0.39, 0.29) is 5.57 Å². The van der Waals surface area contributed by atoms with E-state index in [1.807, 2.05) is 30.3 Å². The Bertz CT molecular complexity index is 1090. The molecular formula is C25H21ClN2O. The van der Waals surface area contributed by atoms with Crippen LogP contribution in [0.25, 0.3) is 6.08 Å². The van der Waals surface area contributed by atoms with Gasteiger partial charge in [0.15, 0.2) is 0 Å². The summed E-state index contributed by atoms with van der Waals surface area (Å²) in [6.45, 7) is 4.20. The van der Waals surface area contributed by atoms with Crippen LogP contribution in [0, 0.1) is 25.2 Å². The highest BCUT2D eigenvalue weighted by Gasteiger charge is 2.11. The molecule has 0 aromatic heterocycles. The summed E-state index contributed by atoms with van der Waals surface area (Å²) in [5.74, 6) is -0.486. The summed E-state index contributed by atoms with van der Waals surface area (Å²) >= 11 is 6.06. The molecule has 0 heterocycles. The monoisotopic (exact) mass is 400 g/mol. The van der Waals surface area contributed by atoms with Crippen molar-refractivity contribution in [2.24, 2.45) is 0 Å². The van der Waals surface area contributed by atoms with E-state index in [4.69, 9.17) is 11.6 Å². The maximum atomic E-state index is 12.4. The number of rotatable bonds is 5. The number of nitrogens with one attached hydrogen (secondary N) is 1. The summed E-state index contributed by atoms with van der Waals surface area (Å²) in [5, 5.41) is 12.5. The summed E-state index contributed by atoms with van der Waals surface area (Å²) < 4.78 is 0. The lowest BCUT2D eigenvalue weighted by molar-refractivity contribution is -0.112. The lowest BCUT2D eigenvalue weighted by atomic mass is 9.99. The number of nitriles is 1. The Hall–Kier alpha value is -3.35. The lowest BCUT2D eigenvalue weighted by Crippen LogP contribution is -2.13. The molecule has 0 radical (unpaired) electrons. The number of aryl methyl sites for hydroxylation is 2. The fourth-order valence-corrected chi connectivity index (χ4v) is 3.39.